The Balaban J connectivity index is 1.40. The number of hydrogen-bond acceptors (Lipinski definition) is 5. The largest absolute Gasteiger partial charge is 0.489 e. The van der Waals surface area contributed by atoms with Crippen LogP contribution in [0.25, 0.3) is 11.0 Å². The van der Waals surface area contributed by atoms with E-state index < -0.39 is 17.9 Å². The van der Waals surface area contributed by atoms with E-state index in [1.165, 1.54) is 6.07 Å². The fourth-order valence-electron chi connectivity index (χ4n) is 3.47. The summed E-state index contributed by atoms with van der Waals surface area (Å²) in [5.74, 6) is -0.0520. The second kappa shape index (κ2) is 10.5. The molecule has 4 aromatic rings. The molecule has 2 amide bonds. The molecule has 0 radical (unpaired) electrons. The number of benzene rings is 3. The molecule has 8 nitrogen and oxygen atoms in total. The average molecular weight is 493 g/mol. The molecule has 4 rings (SSSR count). The fourth-order valence-corrected chi connectivity index (χ4v) is 3.70. The van der Waals surface area contributed by atoms with Crippen molar-refractivity contribution in [3.63, 3.8) is 0 Å². The lowest BCUT2D eigenvalue weighted by Gasteiger charge is -2.17. The predicted octanol–water partition coefficient (Wildman–Crippen LogP) is 4.62. The smallest absolute Gasteiger partial charge is 0.300 e. The minimum Gasteiger partial charge on any atom is -0.489 e. The van der Waals surface area contributed by atoms with Gasteiger partial charge in [0.25, 0.3) is 11.9 Å². The van der Waals surface area contributed by atoms with E-state index in [1.54, 1.807) is 36.4 Å². The molecule has 0 aliphatic carbocycles. The Morgan fingerprint density at radius 3 is 2.49 bits per heavy atom. The molecule has 0 unspecified atom stereocenters. The lowest BCUT2D eigenvalue weighted by atomic mass is 10.0. The van der Waals surface area contributed by atoms with Gasteiger partial charge in [0, 0.05) is 12.0 Å². The number of rotatable bonds is 9. The Morgan fingerprint density at radius 1 is 1.09 bits per heavy atom. The number of imidazole rings is 1. The van der Waals surface area contributed by atoms with Crippen LogP contribution in [-0.4, -0.2) is 33.9 Å². The number of H-pyrrole nitrogens is 1. The van der Waals surface area contributed by atoms with Crippen molar-refractivity contribution in [1.29, 1.82) is 0 Å². The van der Waals surface area contributed by atoms with Gasteiger partial charge in [-0.1, -0.05) is 35.9 Å². The second-order valence-electron chi connectivity index (χ2n) is 8.25. The first-order valence-corrected chi connectivity index (χ1v) is 11.4. The number of primary amides is 1. The van der Waals surface area contributed by atoms with Gasteiger partial charge < -0.3 is 25.5 Å². The molecule has 9 heteroatoms. The Hall–Kier alpha value is -4.04. The first-order chi connectivity index (χ1) is 16.8. The van der Waals surface area contributed by atoms with Crippen LogP contribution in [-0.2, 0) is 11.2 Å². The second-order valence-corrected chi connectivity index (χ2v) is 8.66. The first kappa shape index (κ1) is 24.1. The van der Waals surface area contributed by atoms with Gasteiger partial charge in [-0.15, -0.1) is 0 Å². The molecule has 180 valence electrons. The number of carbonyl (C=O) groups excluding carboxylic acids is 2. The molecule has 0 bridgehead atoms. The van der Waals surface area contributed by atoms with Crippen LogP contribution in [0.2, 0.25) is 5.02 Å². The number of aromatic amines is 1. The third kappa shape index (κ3) is 6.10. The van der Waals surface area contributed by atoms with E-state index in [4.69, 9.17) is 26.8 Å². The van der Waals surface area contributed by atoms with Gasteiger partial charge in [-0.05, 0) is 61.9 Å². The quantitative estimate of drug-likeness (QED) is 0.315. The van der Waals surface area contributed by atoms with Crippen molar-refractivity contribution in [1.82, 2.24) is 15.3 Å². The Bertz CT molecular complexity index is 1320. The molecule has 1 atom stereocenters. The maximum atomic E-state index is 12.7. The van der Waals surface area contributed by atoms with Gasteiger partial charge >= 0.3 is 0 Å². The van der Waals surface area contributed by atoms with Crippen LogP contribution in [0.3, 0.4) is 0 Å². The number of carbonyl (C=O) groups is 2. The van der Waals surface area contributed by atoms with Gasteiger partial charge in [-0.2, -0.15) is 4.98 Å². The van der Waals surface area contributed by atoms with Crippen LogP contribution < -0.4 is 20.5 Å². The summed E-state index contributed by atoms with van der Waals surface area (Å²) in [5, 5.41) is 2.99. The Labute approximate surface area is 207 Å². The molecular formula is C26H25ClN4O4. The summed E-state index contributed by atoms with van der Waals surface area (Å²) in [6.45, 7) is 3.76. The standard InChI is InChI=1S/C26H25ClN4O4/c1-15(2)34-23-12-9-17(14-19(23)27)25(33)29-22(24(28)32)13-16-7-10-18(11-8-16)35-26-30-20-5-3-4-6-21(20)31-26/h3-12,14-15,22H,13H2,1-2H3,(H2,28,32)(H,29,33)(H,30,31)/t22-/m0/s1. The van der Waals surface area contributed by atoms with E-state index in [1.807, 2.05) is 38.1 Å². The zero-order valence-corrected chi connectivity index (χ0v) is 20.0. The van der Waals surface area contributed by atoms with Crippen LogP contribution in [0.1, 0.15) is 29.8 Å². The molecule has 0 aliphatic heterocycles. The van der Waals surface area contributed by atoms with Crippen LogP contribution in [0.5, 0.6) is 17.5 Å². The number of fused-ring (bicyclic) bond motifs is 1. The summed E-state index contributed by atoms with van der Waals surface area (Å²) in [6, 6.07) is 18.9. The molecule has 4 N–H and O–H groups in total. The number of aromatic nitrogens is 2. The van der Waals surface area contributed by atoms with Gasteiger partial charge in [0.05, 0.1) is 22.2 Å². The predicted molar refractivity (Wildman–Crippen MR) is 134 cm³/mol. The van der Waals surface area contributed by atoms with Gasteiger partial charge in [0.2, 0.25) is 5.91 Å². The number of nitrogens with two attached hydrogens (primary N) is 1. The highest BCUT2D eigenvalue weighted by Crippen LogP contribution is 2.27. The van der Waals surface area contributed by atoms with E-state index in [0.717, 1.165) is 16.6 Å². The van der Waals surface area contributed by atoms with Crippen molar-refractivity contribution in [3.05, 3.63) is 82.9 Å². The van der Waals surface area contributed by atoms with Crippen LogP contribution in [0.4, 0.5) is 0 Å². The molecule has 0 spiro atoms. The van der Waals surface area contributed by atoms with Crippen LogP contribution in [0.15, 0.2) is 66.7 Å². The molecule has 1 aromatic heterocycles. The third-order valence-electron chi connectivity index (χ3n) is 5.15. The molecule has 3 aromatic carbocycles. The lowest BCUT2D eigenvalue weighted by molar-refractivity contribution is -0.119. The van der Waals surface area contributed by atoms with E-state index >= 15 is 0 Å². The maximum absolute atomic E-state index is 12.7. The summed E-state index contributed by atoms with van der Waals surface area (Å²) in [6.07, 6.45) is 0.163. The van der Waals surface area contributed by atoms with Crippen molar-refractivity contribution < 1.29 is 19.1 Å². The van der Waals surface area contributed by atoms with E-state index in [9.17, 15) is 9.59 Å². The average Bonchev–Trinajstić information content (AvgIpc) is 3.23. The first-order valence-electron chi connectivity index (χ1n) is 11.1. The highest BCUT2D eigenvalue weighted by atomic mass is 35.5. The van der Waals surface area contributed by atoms with Gasteiger partial charge in [0.1, 0.15) is 17.5 Å². The van der Waals surface area contributed by atoms with E-state index in [-0.39, 0.29) is 12.5 Å². The van der Waals surface area contributed by atoms with Gasteiger partial charge in [0.15, 0.2) is 0 Å². The fraction of sp³-hybridized carbons (Fsp3) is 0.192. The van der Waals surface area contributed by atoms with Gasteiger partial charge in [-0.25, -0.2) is 0 Å². The highest BCUT2D eigenvalue weighted by molar-refractivity contribution is 6.32. The lowest BCUT2D eigenvalue weighted by Crippen LogP contribution is -2.45. The minimum atomic E-state index is -0.907. The van der Waals surface area contributed by atoms with Crippen molar-refractivity contribution in [2.24, 2.45) is 5.73 Å². The summed E-state index contributed by atoms with van der Waals surface area (Å²) < 4.78 is 11.4. The number of amides is 2. The molecule has 35 heavy (non-hydrogen) atoms. The topological polar surface area (TPSA) is 119 Å². The van der Waals surface area contributed by atoms with Crippen molar-refractivity contribution >= 4 is 34.4 Å². The van der Waals surface area contributed by atoms with Gasteiger partial charge in [-0.3, -0.25) is 9.59 Å². The molecule has 0 saturated heterocycles. The van der Waals surface area contributed by atoms with Crippen molar-refractivity contribution in [3.8, 4) is 17.5 Å². The number of para-hydroxylation sites is 2. The highest BCUT2D eigenvalue weighted by Gasteiger charge is 2.20. The summed E-state index contributed by atoms with van der Waals surface area (Å²) in [7, 11) is 0. The number of hydrogen-bond donors (Lipinski definition) is 3. The number of ether oxygens (including phenoxy) is 2. The van der Waals surface area contributed by atoms with Crippen LogP contribution in [0, 0.1) is 0 Å². The SMILES string of the molecule is CC(C)Oc1ccc(C(=O)N[C@@H](Cc2ccc(Oc3nc4ccccc4[nH]3)cc2)C(N)=O)cc1Cl. The van der Waals surface area contributed by atoms with Crippen molar-refractivity contribution in [2.45, 2.75) is 32.4 Å². The third-order valence-corrected chi connectivity index (χ3v) is 5.45. The number of nitrogens with zero attached hydrogens (tertiary/aromatic N) is 1. The number of nitrogens with one attached hydrogen (secondary N) is 2. The Morgan fingerprint density at radius 2 is 1.83 bits per heavy atom. The molecule has 0 saturated carbocycles. The van der Waals surface area contributed by atoms with Crippen LogP contribution >= 0.6 is 11.6 Å². The molecule has 1 heterocycles. The molecule has 0 fully saturated rings. The zero-order chi connectivity index (χ0) is 24.9. The normalized spacial score (nSPS) is 11.9. The van der Waals surface area contributed by atoms with E-state index in [0.29, 0.717) is 28.1 Å². The monoisotopic (exact) mass is 492 g/mol. The minimum absolute atomic E-state index is 0.0538. The summed E-state index contributed by atoms with van der Waals surface area (Å²) in [4.78, 5) is 32.2. The van der Waals surface area contributed by atoms with E-state index in [2.05, 4.69) is 15.3 Å². The molecule has 0 aliphatic rings. The summed E-state index contributed by atoms with van der Waals surface area (Å²) in [5.41, 5.74) is 8.33. The molecular weight excluding hydrogens is 468 g/mol. The maximum Gasteiger partial charge on any atom is 0.300 e. The summed E-state index contributed by atoms with van der Waals surface area (Å²) >= 11 is 6.23. The zero-order valence-electron chi connectivity index (χ0n) is 19.2. The van der Waals surface area contributed by atoms with Crippen molar-refractivity contribution in [2.75, 3.05) is 0 Å². The Kier molecular flexibility index (Phi) is 7.22. The number of halogens is 1.